The molecule has 1 aromatic rings. The van der Waals surface area contributed by atoms with Gasteiger partial charge in [-0.3, -0.25) is 0 Å². The maximum absolute atomic E-state index is 5.85. The largest absolute Gasteiger partial charge is 0.370 e. The number of aliphatic imine (C=N–C) groups is 1. The minimum atomic E-state index is 0.514. The second kappa shape index (κ2) is 7.12. The number of rotatable bonds is 5. The Hall–Kier alpha value is -1.78. The zero-order valence-electron chi connectivity index (χ0n) is 12.5. The second-order valence-electron chi connectivity index (χ2n) is 5.26. The van der Waals surface area contributed by atoms with Crippen molar-refractivity contribution < 1.29 is 0 Å². The Kier molecular flexibility index (Phi) is 5.21. The van der Waals surface area contributed by atoms with Crippen LogP contribution in [-0.2, 0) is 6.54 Å². The SMILES string of the molecule is CCCNC(N)=NCc1ccc(C)nc1N1CCCC1. The Morgan fingerprint density at radius 2 is 2.15 bits per heavy atom. The number of pyridine rings is 1. The number of nitrogens with one attached hydrogen (secondary N) is 1. The molecule has 0 spiro atoms. The third-order valence-corrected chi connectivity index (χ3v) is 3.48. The summed E-state index contributed by atoms with van der Waals surface area (Å²) in [4.78, 5) is 11.5. The number of nitrogens with two attached hydrogens (primary N) is 1. The predicted octanol–water partition coefficient (Wildman–Crippen LogP) is 1.80. The molecule has 0 atom stereocenters. The fourth-order valence-electron chi connectivity index (χ4n) is 2.38. The maximum Gasteiger partial charge on any atom is 0.188 e. The van der Waals surface area contributed by atoms with E-state index in [1.165, 1.54) is 12.8 Å². The molecule has 0 unspecified atom stereocenters. The van der Waals surface area contributed by atoms with E-state index in [2.05, 4.69) is 28.2 Å². The first-order chi connectivity index (χ1) is 9.70. The third-order valence-electron chi connectivity index (χ3n) is 3.48. The molecule has 110 valence electrons. The Balaban J connectivity index is 2.10. The summed E-state index contributed by atoms with van der Waals surface area (Å²) in [6, 6.07) is 4.16. The number of aryl methyl sites for hydroxylation is 1. The van der Waals surface area contributed by atoms with E-state index in [-0.39, 0.29) is 0 Å². The average Bonchev–Trinajstić information content (AvgIpc) is 2.97. The molecule has 0 radical (unpaired) electrons. The Bertz CT molecular complexity index is 463. The van der Waals surface area contributed by atoms with Gasteiger partial charge in [-0.15, -0.1) is 0 Å². The quantitative estimate of drug-likeness (QED) is 0.635. The highest BCUT2D eigenvalue weighted by atomic mass is 15.2. The van der Waals surface area contributed by atoms with E-state index in [1.807, 2.05) is 13.0 Å². The molecular weight excluding hydrogens is 250 g/mol. The van der Waals surface area contributed by atoms with E-state index in [4.69, 9.17) is 10.7 Å². The lowest BCUT2D eigenvalue weighted by Gasteiger charge is -2.20. The molecule has 5 heteroatoms. The van der Waals surface area contributed by atoms with Crippen LogP contribution in [-0.4, -0.2) is 30.6 Å². The van der Waals surface area contributed by atoms with Crippen molar-refractivity contribution in [3.63, 3.8) is 0 Å². The van der Waals surface area contributed by atoms with Crippen molar-refractivity contribution in [3.8, 4) is 0 Å². The minimum Gasteiger partial charge on any atom is -0.370 e. The summed E-state index contributed by atoms with van der Waals surface area (Å²) in [6.45, 7) is 7.77. The zero-order chi connectivity index (χ0) is 14.4. The fraction of sp³-hybridized carbons (Fsp3) is 0.600. The van der Waals surface area contributed by atoms with Crippen molar-refractivity contribution >= 4 is 11.8 Å². The fourth-order valence-corrected chi connectivity index (χ4v) is 2.38. The van der Waals surface area contributed by atoms with Gasteiger partial charge in [-0.05, 0) is 32.3 Å². The van der Waals surface area contributed by atoms with Crippen molar-refractivity contribution in [2.45, 2.75) is 39.7 Å². The molecule has 0 amide bonds. The van der Waals surface area contributed by atoms with Crippen molar-refractivity contribution in [2.24, 2.45) is 10.7 Å². The maximum atomic E-state index is 5.85. The Morgan fingerprint density at radius 1 is 1.40 bits per heavy atom. The van der Waals surface area contributed by atoms with Crippen LogP contribution in [0.15, 0.2) is 17.1 Å². The predicted molar refractivity (Wildman–Crippen MR) is 84.0 cm³/mol. The summed E-state index contributed by atoms with van der Waals surface area (Å²) in [5.41, 5.74) is 8.05. The van der Waals surface area contributed by atoms with Crippen LogP contribution in [0.2, 0.25) is 0 Å². The molecule has 1 fully saturated rings. The van der Waals surface area contributed by atoms with Gasteiger partial charge in [0.2, 0.25) is 0 Å². The molecule has 1 aromatic heterocycles. The molecule has 1 saturated heterocycles. The van der Waals surface area contributed by atoms with Gasteiger partial charge in [-0.25, -0.2) is 9.98 Å². The van der Waals surface area contributed by atoms with E-state index in [9.17, 15) is 0 Å². The number of hydrogen-bond donors (Lipinski definition) is 2. The van der Waals surface area contributed by atoms with Gasteiger partial charge in [0.15, 0.2) is 5.96 Å². The van der Waals surface area contributed by atoms with E-state index >= 15 is 0 Å². The number of guanidine groups is 1. The first kappa shape index (κ1) is 14.6. The van der Waals surface area contributed by atoms with Crippen LogP contribution in [0.4, 0.5) is 5.82 Å². The van der Waals surface area contributed by atoms with Gasteiger partial charge in [-0.1, -0.05) is 13.0 Å². The van der Waals surface area contributed by atoms with Crippen LogP contribution < -0.4 is 16.0 Å². The highest BCUT2D eigenvalue weighted by molar-refractivity contribution is 5.77. The van der Waals surface area contributed by atoms with Gasteiger partial charge >= 0.3 is 0 Å². The van der Waals surface area contributed by atoms with Crippen LogP contribution in [0.25, 0.3) is 0 Å². The van der Waals surface area contributed by atoms with Gasteiger partial charge in [0, 0.05) is 30.9 Å². The van der Waals surface area contributed by atoms with Crippen molar-refractivity contribution in [2.75, 3.05) is 24.5 Å². The van der Waals surface area contributed by atoms with Gasteiger partial charge in [-0.2, -0.15) is 0 Å². The number of anilines is 1. The molecule has 0 aromatic carbocycles. The Morgan fingerprint density at radius 3 is 2.85 bits per heavy atom. The van der Waals surface area contributed by atoms with E-state index in [0.717, 1.165) is 43.1 Å². The molecule has 3 N–H and O–H groups in total. The van der Waals surface area contributed by atoms with Crippen LogP contribution in [0, 0.1) is 6.92 Å². The van der Waals surface area contributed by atoms with Gasteiger partial charge in [0.1, 0.15) is 5.82 Å². The van der Waals surface area contributed by atoms with Gasteiger partial charge in [0.05, 0.1) is 6.54 Å². The molecule has 1 aliphatic heterocycles. The zero-order valence-corrected chi connectivity index (χ0v) is 12.5. The number of nitrogens with zero attached hydrogens (tertiary/aromatic N) is 3. The summed E-state index contributed by atoms with van der Waals surface area (Å²) < 4.78 is 0. The van der Waals surface area contributed by atoms with E-state index in [0.29, 0.717) is 12.5 Å². The summed E-state index contributed by atoms with van der Waals surface area (Å²) in [7, 11) is 0. The van der Waals surface area contributed by atoms with E-state index < -0.39 is 0 Å². The molecule has 0 aliphatic carbocycles. The number of hydrogen-bond acceptors (Lipinski definition) is 3. The van der Waals surface area contributed by atoms with Crippen LogP contribution in [0.3, 0.4) is 0 Å². The first-order valence-electron chi connectivity index (χ1n) is 7.46. The molecule has 2 heterocycles. The summed E-state index contributed by atoms with van der Waals surface area (Å²) >= 11 is 0. The molecule has 20 heavy (non-hydrogen) atoms. The molecule has 2 rings (SSSR count). The van der Waals surface area contributed by atoms with Gasteiger partial charge < -0.3 is 16.0 Å². The first-order valence-corrected chi connectivity index (χ1v) is 7.46. The van der Waals surface area contributed by atoms with Crippen LogP contribution >= 0.6 is 0 Å². The molecule has 0 saturated carbocycles. The van der Waals surface area contributed by atoms with Crippen molar-refractivity contribution in [1.29, 1.82) is 0 Å². The average molecular weight is 275 g/mol. The van der Waals surface area contributed by atoms with Crippen LogP contribution in [0.1, 0.15) is 37.4 Å². The highest BCUT2D eigenvalue weighted by Gasteiger charge is 2.17. The minimum absolute atomic E-state index is 0.514. The lowest BCUT2D eigenvalue weighted by molar-refractivity contribution is 0.823. The Labute approximate surface area is 121 Å². The summed E-state index contributed by atoms with van der Waals surface area (Å²) in [5.74, 6) is 1.59. The summed E-state index contributed by atoms with van der Waals surface area (Å²) in [5, 5.41) is 3.10. The normalized spacial score (nSPS) is 15.7. The second-order valence-corrected chi connectivity index (χ2v) is 5.26. The third kappa shape index (κ3) is 3.85. The number of aromatic nitrogens is 1. The smallest absolute Gasteiger partial charge is 0.188 e. The van der Waals surface area contributed by atoms with Crippen molar-refractivity contribution in [3.05, 3.63) is 23.4 Å². The van der Waals surface area contributed by atoms with E-state index in [1.54, 1.807) is 0 Å². The van der Waals surface area contributed by atoms with Crippen LogP contribution in [0.5, 0.6) is 0 Å². The summed E-state index contributed by atoms with van der Waals surface area (Å²) in [6.07, 6.45) is 3.54. The van der Waals surface area contributed by atoms with Gasteiger partial charge in [0.25, 0.3) is 0 Å². The topological polar surface area (TPSA) is 66.5 Å². The molecular formula is C15H25N5. The lowest BCUT2D eigenvalue weighted by atomic mass is 10.2. The molecule has 0 bridgehead atoms. The molecule has 1 aliphatic rings. The lowest BCUT2D eigenvalue weighted by Crippen LogP contribution is -2.32. The standard InChI is InChI=1S/C15H25N5/c1-3-8-17-15(16)18-11-13-7-6-12(2)19-14(13)20-9-4-5-10-20/h6-7H,3-5,8-11H2,1-2H3,(H3,16,17,18). The monoisotopic (exact) mass is 275 g/mol. The van der Waals surface area contributed by atoms with Crippen molar-refractivity contribution in [1.82, 2.24) is 10.3 Å². The molecule has 5 nitrogen and oxygen atoms in total. The highest BCUT2D eigenvalue weighted by Crippen LogP contribution is 2.23.